The summed E-state index contributed by atoms with van der Waals surface area (Å²) in [6.07, 6.45) is 11.0. The fourth-order valence-corrected chi connectivity index (χ4v) is 2.97. The molecule has 0 saturated carbocycles. The van der Waals surface area contributed by atoms with E-state index in [1.165, 1.54) is 12.0 Å². The van der Waals surface area contributed by atoms with E-state index in [2.05, 4.69) is 24.8 Å². The fourth-order valence-electron chi connectivity index (χ4n) is 2.97. The zero-order valence-electron chi connectivity index (χ0n) is 11.8. The third-order valence-electron chi connectivity index (χ3n) is 3.88. The van der Waals surface area contributed by atoms with E-state index in [4.69, 9.17) is 9.47 Å². The zero-order chi connectivity index (χ0) is 13.7. The first kappa shape index (κ1) is 13.7. The topological polar surface area (TPSA) is 18.5 Å². The van der Waals surface area contributed by atoms with E-state index in [0.717, 1.165) is 30.8 Å². The van der Waals surface area contributed by atoms with Crippen molar-refractivity contribution >= 4 is 0 Å². The number of methoxy groups -OCH3 is 2. The molecule has 0 N–H and O–H groups in total. The van der Waals surface area contributed by atoms with Crippen LogP contribution in [0.15, 0.2) is 43.0 Å². The predicted octanol–water partition coefficient (Wildman–Crippen LogP) is 4.26. The molecule has 1 aromatic carbocycles. The van der Waals surface area contributed by atoms with Gasteiger partial charge < -0.3 is 9.47 Å². The summed E-state index contributed by atoms with van der Waals surface area (Å²) >= 11 is 0. The van der Waals surface area contributed by atoms with E-state index in [0.29, 0.717) is 0 Å². The lowest BCUT2D eigenvalue weighted by atomic mass is 9.71. The average Bonchev–Trinajstić information content (AvgIpc) is 2.47. The smallest absolute Gasteiger partial charge is 0.164 e. The largest absolute Gasteiger partial charge is 0.493 e. The number of para-hydroxylation sites is 1. The van der Waals surface area contributed by atoms with Crippen molar-refractivity contribution in [1.82, 2.24) is 0 Å². The number of benzene rings is 1. The molecule has 1 unspecified atom stereocenters. The molecule has 0 spiro atoms. The van der Waals surface area contributed by atoms with E-state index in [9.17, 15) is 0 Å². The number of ether oxygens (including phenoxy) is 2. The van der Waals surface area contributed by atoms with Crippen LogP contribution in [0.1, 0.15) is 31.2 Å². The van der Waals surface area contributed by atoms with Crippen LogP contribution in [0, 0.1) is 0 Å². The van der Waals surface area contributed by atoms with Crippen LogP contribution >= 0.6 is 0 Å². The van der Waals surface area contributed by atoms with Gasteiger partial charge in [-0.3, -0.25) is 0 Å². The SMILES string of the molecule is C=CCC1(c2cccc(OC)c2OC)C=CCCC1. The van der Waals surface area contributed by atoms with Crippen molar-refractivity contribution in [3.05, 3.63) is 48.6 Å². The van der Waals surface area contributed by atoms with Crippen molar-refractivity contribution in [2.45, 2.75) is 31.1 Å². The molecule has 0 saturated heterocycles. The van der Waals surface area contributed by atoms with Crippen molar-refractivity contribution in [2.24, 2.45) is 0 Å². The second kappa shape index (κ2) is 5.96. The molecule has 102 valence electrons. The van der Waals surface area contributed by atoms with Crippen LogP contribution in [0.2, 0.25) is 0 Å². The lowest BCUT2D eigenvalue weighted by Gasteiger charge is -2.34. The quantitative estimate of drug-likeness (QED) is 0.735. The lowest BCUT2D eigenvalue weighted by Crippen LogP contribution is -2.25. The molecular formula is C17H22O2. The third kappa shape index (κ3) is 2.53. The zero-order valence-corrected chi connectivity index (χ0v) is 11.8. The Labute approximate surface area is 115 Å². The molecule has 0 aromatic heterocycles. The summed E-state index contributed by atoms with van der Waals surface area (Å²) in [7, 11) is 3.38. The van der Waals surface area contributed by atoms with E-state index in [-0.39, 0.29) is 5.41 Å². The molecule has 1 aliphatic carbocycles. The van der Waals surface area contributed by atoms with Gasteiger partial charge in [-0.1, -0.05) is 30.4 Å². The van der Waals surface area contributed by atoms with Gasteiger partial charge in [0, 0.05) is 11.0 Å². The van der Waals surface area contributed by atoms with Crippen molar-refractivity contribution < 1.29 is 9.47 Å². The van der Waals surface area contributed by atoms with E-state index < -0.39 is 0 Å². The number of allylic oxidation sites excluding steroid dienone is 3. The molecule has 1 atom stereocenters. The van der Waals surface area contributed by atoms with Crippen molar-refractivity contribution in [2.75, 3.05) is 14.2 Å². The molecule has 2 rings (SSSR count). The summed E-state index contributed by atoms with van der Waals surface area (Å²) in [4.78, 5) is 0. The Hall–Kier alpha value is -1.70. The minimum atomic E-state index is -0.000116. The summed E-state index contributed by atoms with van der Waals surface area (Å²) in [5.41, 5.74) is 1.20. The number of hydrogen-bond donors (Lipinski definition) is 0. The van der Waals surface area contributed by atoms with Crippen LogP contribution in [-0.2, 0) is 5.41 Å². The van der Waals surface area contributed by atoms with Gasteiger partial charge in [-0.2, -0.15) is 0 Å². The van der Waals surface area contributed by atoms with Crippen LogP contribution in [-0.4, -0.2) is 14.2 Å². The standard InChI is InChI=1S/C17H22O2/c1-4-11-17(12-6-5-7-13-17)14-9-8-10-15(18-2)16(14)19-3/h4,6,8-10,12H,1,5,7,11,13H2,2-3H3. The minimum absolute atomic E-state index is 0.000116. The molecule has 2 nitrogen and oxygen atoms in total. The van der Waals surface area contributed by atoms with Crippen molar-refractivity contribution in [3.8, 4) is 11.5 Å². The van der Waals surface area contributed by atoms with Crippen LogP contribution in [0.4, 0.5) is 0 Å². The van der Waals surface area contributed by atoms with Gasteiger partial charge in [0.15, 0.2) is 11.5 Å². The van der Waals surface area contributed by atoms with Gasteiger partial charge >= 0.3 is 0 Å². The molecule has 0 amide bonds. The number of rotatable bonds is 5. The van der Waals surface area contributed by atoms with Gasteiger partial charge in [0.2, 0.25) is 0 Å². The molecule has 0 heterocycles. The molecule has 0 bridgehead atoms. The molecule has 1 aliphatic rings. The Morgan fingerprint density at radius 2 is 2.16 bits per heavy atom. The Bertz CT molecular complexity index is 476. The van der Waals surface area contributed by atoms with E-state index in [1.54, 1.807) is 14.2 Å². The van der Waals surface area contributed by atoms with Gasteiger partial charge in [0.25, 0.3) is 0 Å². The van der Waals surface area contributed by atoms with Crippen molar-refractivity contribution in [1.29, 1.82) is 0 Å². The summed E-state index contributed by atoms with van der Waals surface area (Å²) in [5, 5.41) is 0. The van der Waals surface area contributed by atoms with Gasteiger partial charge in [-0.15, -0.1) is 6.58 Å². The second-order valence-corrected chi connectivity index (χ2v) is 4.98. The summed E-state index contributed by atoms with van der Waals surface area (Å²) < 4.78 is 11.0. The summed E-state index contributed by atoms with van der Waals surface area (Å²) in [6.45, 7) is 3.92. The number of hydrogen-bond acceptors (Lipinski definition) is 2. The Morgan fingerprint density at radius 1 is 1.32 bits per heavy atom. The second-order valence-electron chi connectivity index (χ2n) is 4.98. The molecule has 19 heavy (non-hydrogen) atoms. The molecule has 0 radical (unpaired) electrons. The van der Waals surface area contributed by atoms with Gasteiger partial charge in [-0.25, -0.2) is 0 Å². The normalized spacial score (nSPS) is 22.0. The van der Waals surface area contributed by atoms with E-state index >= 15 is 0 Å². The van der Waals surface area contributed by atoms with Crippen LogP contribution in [0.5, 0.6) is 11.5 Å². The summed E-state index contributed by atoms with van der Waals surface area (Å²) in [5.74, 6) is 1.64. The average molecular weight is 258 g/mol. The van der Waals surface area contributed by atoms with Gasteiger partial charge in [0.05, 0.1) is 14.2 Å². The van der Waals surface area contributed by atoms with Crippen LogP contribution in [0.25, 0.3) is 0 Å². The lowest BCUT2D eigenvalue weighted by molar-refractivity contribution is 0.339. The van der Waals surface area contributed by atoms with Crippen LogP contribution in [0.3, 0.4) is 0 Å². The monoisotopic (exact) mass is 258 g/mol. The highest BCUT2D eigenvalue weighted by atomic mass is 16.5. The maximum Gasteiger partial charge on any atom is 0.164 e. The molecule has 2 heteroatoms. The summed E-state index contributed by atoms with van der Waals surface area (Å²) in [6, 6.07) is 6.11. The maximum atomic E-state index is 5.60. The predicted molar refractivity (Wildman–Crippen MR) is 79.0 cm³/mol. The van der Waals surface area contributed by atoms with E-state index in [1.807, 2.05) is 18.2 Å². The molecular weight excluding hydrogens is 236 g/mol. The van der Waals surface area contributed by atoms with Crippen molar-refractivity contribution in [3.63, 3.8) is 0 Å². The fraction of sp³-hybridized carbons (Fsp3) is 0.412. The highest BCUT2D eigenvalue weighted by Gasteiger charge is 2.33. The highest BCUT2D eigenvalue weighted by Crippen LogP contribution is 2.45. The molecule has 0 aliphatic heterocycles. The van der Waals surface area contributed by atoms with Crippen LogP contribution < -0.4 is 9.47 Å². The first-order valence-corrected chi connectivity index (χ1v) is 6.77. The van der Waals surface area contributed by atoms with Gasteiger partial charge in [0.1, 0.15) is 0 Å². The molecule has 1 aromatic rings. The Kier molecular flexibility index (Phi) is 4.31. The molecule has 0 fully saturated rings. The minimum Gasteiger partial charge on any atom is -0.493 e. The highest BCUT2D eigenvalue weighted by molar-refractivity contribution is 5.52. The maximum absolute atomic E-state index is 5.60. The Morgan fingerprint density at radius 3 is 2.74 bits per heavy atom. The first-order valence-electron chi connectivity index (χ1n) is 6.77. The first-order chi connectivity index (χ1) is 9.27. The Balaban J connectivity index is 2.56. The van der Waals surface area contributed by atoms with Gasteiger partial charge in [-0.05, 0) is 31.7 Å². The third-order valence-corrected chi connectivity index (χ3v) is 3.88.